The number of ketones is 1. The van der Waals surface area contributed by atoms with Crippen LogP contribution in [0.4, 0.5) is 0 Å². The number of carbonyl (C=O) groups excluding carboxylic acids is 3. The van der Waals surface area contributed by atoms with Crippen molar-refractivity contribution in [2.24, 2.45) is 5.73 Å². The molecule has 0 radical (unpaired) electrons. The van der Waals surface area contributed by atoms with Crippen LogP contribution in [0.15, 0.2) is 53.3 Å². The predicted octanol–water partition coefficient (Wildman–Crippen LogP) is 1.19. The monoisotopic (exact) mass is 370 g/mol. The van der Waals surface area contributed by atoms with Gasteiger partial charge < -0.3 is 15.5 Å². The van der Waals surface area contributed by atoms with Gasteiger partial charge in [0.1, 0.15) is 6.04 Å². The van der Waals surface area contributed by atoms with Gasteiger partial charge in [0.2, 0.25) is 5.78 Å². The Morgan fingerprint density at radius 2 is 1.96 bits per heavy atom. The smallest absolute Gasteiger partial charge is 0.287 e. The molecule has 1 unspecified atom stereocenters. The molecule has 9 heteroatoms. The lowest BCUT2D eigenvalue weighted by atomic mass is 10.0. The Bertz CT molecular complexity index is 921. The lowest BCUT2D eigenvalue weighted by molar-refractivity contribution is -0.137. The summed E-state index contributed by atoms with van der Waals surface area (Å²) in [5.74, 6) is -2.61. The first kappa shape index (κ1) is 17.5. The highest BCUT2D eigenvalue weighted by atomic mass is 32.1. The first-order valence-electron chi connectivity index (χ1n) is 7.59. The third-order valence-electron chi connectivity index (χ3n) is 3.63. The Balaban J connectivity index is 1.83. The molecule has 0 aliphatic carbocycles. The van der Waals surface area contributed by atoms with E-state index in [4.69, 9.17) is 10.2 Å². The van der Waals surface area contributed by atoms with Crippen LogP contribution < -0.4 is 11.1 Å². The molecular formula is C17H14N4O4S. The topological polar surface area (TPSA) is 128 Å². The molecule has 3 rings (SSSR count). The molecule has 132 valence electrons. The summed E-state index contributed by atoms with van der Waals surface area (Å²) in [6.45, 7) is 0. The highest BCUT2D eigenvalue weighted by Gasteiger charge is 2.28. The Morgan fingerprint density at radius 3 is 2.62 bits per heavy atom. The number of hydrogen-bond acceptors (Lipinski definition) is 7. The Morgan fingerprint density at radius 1 is 1.19 bits per heavy atom. The summed E-state index contributed by atoms with van der Waals surface area (Å²) in [6.07, 6.45) is 3.06. The highest BCUT2D eigenvalue weighted by molar-refractivity contribution is 7.09. The molecule has 0 bridgehead atoms. The van der Waals surface area contributed by atoms with E-state index < -0.39 is 23.6 Å². The standard InChI is InChI=1S/C17H14N4O4S/c18-16(23)14(22)12(8-10-4-2-1-3-5-10)19-17(24)13-15(26-21-20-13)11-6-7-25-9-11/h1-7,9,12H,8H2,(H2,18,23)(H,19,24). The average Bonchev–Trinajstić information content (AvgIpc) is 3.32. The van der Waals surface area contributed by atoms with Gasteiger partial charge in [0.25, 0.3) is 11.8 Å². The number of amides is 2. The van der Waals surface area contributed by atoms with Crippen LogP contribution >= 0.6 is 11.5 Å². The molecule has 0 aliphatic rings. The van der Waals surface area contributed by atoms with Gasteiger partial charge in [-0.15, -0.1) is 5.10 Å². The third-order valence-corrected chi connectivity index (χ3v) is 4.41. The molecule has 1 atom stereocenters. The van der Waals surface area contributed by atoms with Gasteiger partial charge in [0.15, 0.2) is 5.69 Å². The van der Waals surface area contributed by atoms with Crippen molar-refractivity contribution < 1.29 is 18.8 Å². The number of nitrogens with two attached hydrogens (primary N) is 1. The van der Waals surface area contributed by atoms with Crippen LogP contribution in [0.3, 0.4) is 0 Å². The van der Waals surface area contributed by atoms with Gasteiger partial charge in [-0.1, -0.05) is 34.8 Å². The molecule has 0 aliphatic heterocycles. The summed E-state index contributed by atoms with van der Waals surface area (Å²) in [6, 6.07) is 9.56. The minimum atomic E-state index is -1.11. The van der Waals surface area contributed by atoms with Crippen molar-refractivity contribution in [1.82, 2.24) is 14.9 Å². The number of nitrogens with zero attached hydrogens (tertiary/aromatic N) is 2. The SMILES string of the molecule is NC(=O)C(=O)C(Cc1ccccc1)NC(=O)c1nnsc1-c1ccoc1. The van der Waals surface area contributed by atoms with Crippen LogP contribution in [0.2, 0.25) is 0 Å². The summed E-state index contributed by atoms with van der Waals surface area (Å²) in [5, 5.41) is 6.36. The molecule has 1 aromatic carbocycles. The van der Waals surface area contributed by atoms with E-state index in [0.717, 1.165) is 17.1 Å². The zero-order chi connectivity index (χ0) is 18.5. The molecule has 3 aromatic rings. The molecule has 0 saturated carbocycles. The molecule has 0 fully saturated rings. The second-order valence-electron chi connectivity index (χ2n) is 5.41. The zero-order valence-corrected chi connectivity index (χ0v) is 14.2. The van der Waals surface area contributed by atoms with E-state index in [1.54, 1.807) is 30.3 Å². The van der Waals surface area contributed by atoms with Crippen molar-refractivity contribution in [3.05, 3.63) is 60.2 Å². The molecule has 0 saturated heterocycles. The summed E-state index contributed by atoms with van der Waals surface area (Å²) in [5.41, 5.74) is 6.58. The third kappa shape index (κ3) is 3.83. The second-order valence-corrected chi connectivity index (χ2v) is 6.16. The van der Waals surface area contributed by atoms with Crippen molar-refractivity contribution in [1.29, 1.82) is 0 Å². The van der Waals surface area contributed by atoms with Gasteiger partial charge in [0, 0.05) is 12.0 Å². The molecule has 26 heavy (non-hydrogen) atoms. The van der Waals surface area contributed by atoms with Crippen LogP contribution in [0.1, 0.15) is 16.1 Å². The summed E-state index contributed by atoms with van der Waals surface area (Å²) in [4.78, 5) is 36.6. The molecular weight excluding hydrogens is 356 g/mol. The highest BCUT2D eigenvalue weighted by Crippen LogP contribution is 2.26. The molecule has 0 spiro atoms. The van der Waals surface area contributed by atoms with Gasteiger partial charge in [0.05, 0.1) is 17.4 Å². The zero-order valence-electron chi connectivity index (χ0n) is 13.4. The van der Waals surface area contributed by atoms with Gasteiger partial charge in [-0.25, -0.2) is 0 Å². The fourth-order valence-corrected chi connectivity index (χ4v) is 3.03. The summed E-state index contributed by atoms with van der Waals surface area (Å²) >= 11 is 1.02. The average molecular weight is 370 g/mol. The molecule has 8 nitrogen and oxygen atoms in total. The number of nitrogens with one attached hydrogen (secondary N) is 1. The van der Waals surface area contributed by atoms with E-state index >= 15 is 0 Å². The van der Waals surface area contributed by atoms with Crippen molar-refractivity contribution in [2.75, 3.05) is 0 Å². The molecule has 2 heterocycles. The number of rotatable bonds is 7. The lowest BCUT2D eigenvalue weighted by Crippen LogP contribution is -2.47. The Kier molecular flexibility index (Phi) is 5.18. The Labute approximate surface area is 152 Å². The second kappa shape index (κ2) is 7.70. The number of Topliss-reactive ketones (excluding diaryl/α,β-unsaturated/α-hetero) is 1. The van der Waals surface area contributed by atoms with Gasteiger partial charge in [-0.2, -0.15) is 0 Å². The van der Waals surface area contributed by atoms with Crippen molar-refractivity contribution in [3.63, 3.8) is 0 Å². The maximum absolute atomic E-state index is 12.6. The van der Waals surface area contributed by atoms with Crippen LogP contribution in [-0.4, -0.2) is 33.2 Å². The maximum atomic E-state index is 12.6. The molecule has 2 amide bonds. The quantitative estimate of drug-likeness (QED) is 0.601. The number of primary amides is 1. The van der Waals surface area contributed by atoms with Crippen molar-refractivity contribution >= 4 is 29.1 Å². The predicted molar refractivity (Wildman–Crippen MR) is 93.2 cm³/mol. The number of benzene rings is 1. The minimum Gasteiger partial charge on any atom is -0.472 e. The van der Waals surface area contributed by atoms with Gasteiger partial charge in [-0.05, 0) is 23.2 Å². The van der Waals surface area contributed by atoms with Crippen LogP contribution in [0, 0.1) is 0 Å². The lowest BCUT2D eigenvalue weighted by Gasteiger charge is -2.16. The van der Waals surface area contributed by atoms with E-state index in [9.17, 15) is 14.4 Å². The first-order valence-corrected chi connectivity index (χ1v) is 8.37. The van der Waals surface area contributed by atoms with E-state index in [2.05, 4.69) is 14.9 Å². The fourth-order valence-electron chi connectivity index (χ4n) is 2.38. The van der Waals surface area contributed by atoms with Crippen LogP contribution in [0.25, 0.3) is 10.4 Å². The van der Waals surface area contributed by atoms with E-state index in [0.29, 0.717) is 10.4 Å². The number of carbonyl (C=O) groups is 3. The van der Waals surface area contributed by atoms with Crippen molar-refractivity contribution in [2.45, 2.75) is 12.5 Å². The van der Waals surface area contributed by atoms with E-state index in [1.165, 1.54) is 12.5 Å². The normalized spacial score (nSPS) is 11.7. The van der Waals surface area contributed by atoms with E-state index in [1.807, 2.05) is 6.07 Å². The number of aromatic nitrogens is 2. The van der Waals surface area contributed by atoms with Crippen LogP contribution in [0.5, 0.6) is 0 Å². The first-order chi connectivity index (χ1) is 12.6. The summed E-state index contributed by atoms with van der Waals surface area (Å²) in [7, 11) is 0. The van der Waals surface area contributed by atoms with Crippen LogP contribution in [-0.2, 0) is 16.0 Å². The Hall–Kier alpha value is -3.33. The van der Waals surface area contributed by atoms with Crippen molar-refractivity contribution in [3.8, 4) is 10.4 Å². The fraction of sp³-hybridized carbons (Fsp3) is 0.118. The number of furan rings is 1. The maximum Gasteiger partial charge on any atom is 0.287 e. The molecule has 3 N–H and O–H groups in total. The minimum absolute atomic E-state index is 0.0479. The summed E-state index contributed by atoms with van der Waals surface area (Å²) < 4.78 is 8.79. The van der Waals surface area contributed by atoms with Gasteiger partial charge >= 0.3 is 0 Å². The largest absolute Gasteiger partial charge is 0.472 e. The van der Waals surface area contributed by atoms with E-state index in [-0.39, 0.29) is 12.1 Å². The molecule has 2 aromatic heterocycles. The van der Waals surface area contributed by atoms with Gasteiger partial charge in [-0.3, -0.25) is 14.4 Å². The number of hydrogen-bond donors (Lipinski definition) is 2.